The second-order valence-corrected chi connectivity index (χ2v) is 9.66. The number of carbonyl (C=O) groups is 2. The predicted octanol–water partition coefficient (Wildman–Crippen LogP) is 4.04. The molecule has 0 radical (unpaired) electrons. The maximum atomic E-state index is 12.7. The molecule has 2 N–H and O–H groups in total. The monoisotopic (exact) mass is 454 g/mol. The molecule has 0 spiro atoms. The van der Waals surface area contributed by atoms with Crippen LogP contribution in [-0.2, 0) is 9.53 Å². The second kappa shape index (κ2) is 8.05. The summed E-state index contributed by atoms with van der Waals surface area (Å²) in [5, 5.41) is 5.06. The minimum atomic E-state index is -1.45. The second-order valence-electron chi connectivity index (χ2n) is 6.88. The Hall–Kier alpha value is -1.12. The van der Waals surface area contributed by atoms with Gasteiger partial charge in [-0.3, -0.25) is 10.1 Å². The van der Waals surface area contributed by atoms with Gasteiger partial charge in [0.2, 0.25) is 5.95 Å². The molecule has 2 amide bonds. The van der Waals surface area contributed by atoms with Crippen LogP contribution in [0, 0.1) is 0 Å². The Bertz CT molecular complexity index is 629. The smallest absolute Gasteiger partial charge is 0.408 e. The first kappa shape index (κ1) is 21.9. The van der Waals surface area contributed by atoms with E-state index in [4.69, 9.17) is 27.9 Å². The van der Waals surface area contributed by atoms with Gasteiger partial charge in [-0.05, 0) is 50.5 Å². The van der Waals surface area contributed by atoms with Crippen molar-refractivity contribution < 1.29 is 14.3 Å². The van der Waals surface area contributed by atoms with Crippen LogP contribution in [0.2, 0.25) is 0 Å². The van der Waals surface area contributed by atoms with E-state index in [2.05, 4.69) is 36.5 Å². The average molecular weight is 456 g/mol. The van der Waals surface area contributed by atoms with Crippen LogP contribution in [0.15, 0.2) is 16.9 Å². The zero-order valence-electron chi connectivity index (χ0n) is 14.6. The zero-order chi connectivity index (χ0) is 19.5. The Labute approximate surface area is 165 Å². The van der Waals surface area contributed by atoms with Gasteiger partial charge >= 0.3 is 6.09 Å². The van der Waals surface area contributed by atoms with Crippen LogP contribution in [-0.4, -0.2) is 37.4 Å². The maximum Gasteiger partial charge on any atom is 0.408 e. The molecule has 0 fully saturated rings. The Morgan fingerprint density at radius 1 is 1.16 bits per heavy atom. The summed E-state index contributed by atoms with van der Waals surface area (Å²) in [4.78, 5) is 32.8. The van der Waals surface area contributed by atoms with Gasteiger partial charge in [0.1, 0.15) is 15.5 Å². The maximum absolute atomic E-state index is 12.7. The van der Waals surface area contributed by atoms with Gasteiger partial charge in [0.05, 0.1) is 4.47 Å². The van der Waals surface area contributed by atoms with Gasteiger partial charge in [0.25, 0.3) is 5.91 Å². The van der Waals surface area contributed by atoms with Crippen molar-refractivity contribution in [3.8, 4) is 0 Å². The van der Waals surface area contributed by atoms with Crippen molar-refractivity contribution in [2.45, 2.75) is 56.5 Å². The highest BCUT2D eigenvalue weighted by atomic mass is 79.9. The molecular formula is C15H21BrCl2N4O3. The molecule has 0 aliphatic carbocycles. The molecule has 1 heterocycles. The normalized spacial score (nSPS) is 14.4. The number of alkyl carbamates (subject to hydrolysis) is 1. The van der Waals surface area contributed by atoms with E-state index < -0.39 is 27.5 Å². The van der Waals surface area contributed by atoms with Crippen molar-refractivity contribution in [3.63, 3.8) is 0 Å². The summed E-state index contributed by atoms with van der Waals surface area (Å²) in [6.07, 6.45) is 2.13. The first-order valence-corrected chi connectivity index (χ1v) is 8.93. The summed E-state index contributed by atoms with van der Waals surface area (Å²) in [5.74, 6) is -0.496. The van der Waals surface area contributed by atoms with Gasteiger partial charge in [-0.15, -0.1) is 23.2 Å². The number of halogens is 3. The van der Waals surface area contributed by atoms with E-state index in [0.717, 1.165) is 0 Å². The lowest BCUT2D eigenvalue weighted by atomic mass is 9.94. The summed E-state index contributed by atoms with van der Waals surface area (Å²) < 4.78 is 4.61. The Morgan fingerprint density at radius 3 is 2.12 bits per heavy atom. The minimum absolute atomic E-state index is 0.0648. The molecule has 140 valence electrons. The summed E-state index contributed by atoms with van der Waals surface area (Å²) in [6, 6.07) is 0. The van der Waals surface area contributed by atoms with Crippen LogP contribution in [0.1, 0.15) is 41.0 Å². The molecule has 0 unspecified atom stereocenters. The molecule has 0 aromatic carbocycles. The lowest BCUT2D eigenvalue weighted by Crippen LogP contribution is -2.57. The van der Waals surface area contributed by atoms with Gasteiger partial charge in [-0.2, -0.15) is 0 Å². The van der Waals surface area contributed by atoms with Crippen molar-refractivity contribution >= 4 is 57.1 Å². The summed E-state index contributed by atoms with van der Waals surface area (Å²) in [7, 11) is 0. The number of rotatable bonds is 5. The molecule has 7 nitrogen and oxygen atoms in total. The molecule has 0 aliphatic rings. The number of alkyl halides is 2. The fourth-order valence-corrected chi connectivity index (χ4v) is 2.69. The summed E-state index contributed by atoms with van der Waals surface area (Å²) in [6.45, 7) is 8.16. The van der Waals surface area contributed by atoms with Gasteiger partial charge in [-0.25, -0.2) is 14.8 Å². The third kappa shape index (κ3) is 8.20. The molecular weight excluding hydrogens is 435 g/mol. The van der Waals surface area contributed by atoms with Crippen molar-refractivity contribution in [3.05, 3.63) is 16.9 Å². The Kier molecular flexibility index (Phi) is 7.06. The highest BCUT2D eigenvalue weighted by molar-refractivity contribution is 9.10. The van der Waals surface area contributed by atoms with E-state index in [0.29, 0.717) is 4.47 Å². The van der Waals surface area contributed by atoms with Crippen LogP contribution in [0.5, 0.6) is 0 Å². The fraction of sp³-hybridized carbons (Fsp3) is 0.600. The quantitative estimate of drug-likeness (QED) is 0.653. The largest absolute Gasteiger partial charge is 0.444 e. The van der Waals surface area contributed by atoms with E-state index in [-0.39, 0.29) is 12.4 Å². The number of hydrogen-bond acceptors (Lipinski definition) is 5. The van der Waals surface area contributed by atoms with E-state index in [1.54, 1.807) is 20.8 Å². The minimum Gasteiger partial charge on any atom is -0.444 e. The van der Waals surface area contributed by atoms with Crippen LogP contribution < -0.4 is 10.6 Å². The Morgan fingerprint density at radius 2 is 1.68 bits per heavy atom. The molecule has 0 bridgehead atoms. The zero-order valence-corrected chi connectivity index (χ0v) is 17.7. The molecule has 1 rings (SSSR count). The van der Waals surface area contributed by atoms with Crippen LogP contribution in [0.25, 0.3) is 0 Å². The first-order chi connectivity index (χ1) is 11.2. The molecule has 1 aromatic rings. The lowest BCUT2D eigenvalue weighted by Gasteiger charge is -2.33. The van der Waals surface area contributed by atoms with Crippen LogP contribution in [0.3, 0.4) is 0 Å². The topological polar surface area (TPSA) is 93.2 Å². The van der Waals surface area contributed by atoms with E-state index >= 15 is 0 Å². The van der Waals surface area contributed by atoms with Gasteiger partial charge in [0, 0.05) is 18.8 Å². The van der Waals surface area contributed by atoms with Gasteiger partial charge in [-0.1, -0.05) is 0 Å². The number of hydrogen-bond donors (Lipinski definition) is 2. The summed E-state index contributed by atoms with van der Waals surface area (Å²) in [5.41, 5.74) is -2.17. The number of amides is 2. The number of ether oxygens (including phenoxy) is 1. The first-order valence-electron chi connectivity index (χ1n) is 7.38. The highest BCUT2D eigenvalue weighted by Gasteiger charge is 2.42. The number of aromatic nitrogens is 2. The Balaban J connectivity index is 2.98. The average Bonchev–Trinajstić information content (AvgIpc) is 2.36. The van der Waals surface area contributed by atoms with E-state index in [1.807, 2.05) is 0 Å². The van der Waals surface area contributed by atoms with Crippen LogP contribution >= 0.6 is 39.1 Å². The lowest BCUT2D eigenvalue weighted by molar-refractivity contribution is -0.122. The molecule has 10 heteroatoms. The van der Waals surface area contributed by atoms with Crippen molar-refractivity contribution in [1.82, 2.24) is 15.3 Å². The van der Waals surface area contributed by atoms with Crippen LogP contribution in [0.4, 0.5) is 10.7 Å². The summed E-state index contributed by atoms with van der Waals surface area (Å²) >= 11 is 15.3. The van der Waals surface area contributed by atoms with Crippen molar-refractivity contribution in [1.29, 1.82) is 0 Å². The standard InChI is InChI=1S/C15H21BrCl2N4O3/c1-13(2,3)25-12(24)22-14(4,8-15(5,17)18)10(23)21-11-19-6-9(16)7-20-11/h6-7H,8H2,1-5H3,(H,22,24)(H,19,20,21,23)/t14-/m0/s1. The highest BCUT2D eigenvalue weighted by Crippen LogP contribution is 2.31. The number of anilines is 1. The number of carbonyl (C=O) groups excluding carboxylic acids is 2. The third-order valence-electron chi connectivity index (χ3n) is 2.79. The van der Waals surface area contributed by atoms with E-state index in [1.165, 1.54) is 26.2 Å². The SMILES string of the molecule is CC(Cl)(Cl)C[C@](C)(NC(=O)OC(C)(C)C)C(=O)Nc1ncc(Br)cn1. The molecule has 0 saturated carbocycles. The number of nitrogens with one attached hydrogen (secondary N) is 2. The molecule has 1 atom stereocenters. The predicted molar refractivity (Wildman–Crippen MR) is 101 cm³/mol. The van der Waals surface area contributed by atoms with Crippen molar-refractivity contribution in [2.75, 3.05) is 5.32 Å². The molecule has 0 aliphatic heterocycles. The fourth-order valence-electron chi connectivity index (χ4n) is 1.95. The number of nitrogens with zero attached hydrogens (tertiary/aromatic N) is 2. The molecule has 0 saturated heterocycles. The third-order valence-corrected chi connectivity index (χ3v) is 3.46. The molecule has 25 heavy (non-hydrogen) atoms. The van der Waals surface area contributed by atoms with Gasteiger partial charge < -0.3 is 10.1 Å². The van der Waals surface area contributed by atoms with Crippen molar-refractivity contribution in [2.24, 2.45) is 0 Å². The van der Waals surface area contributed by atoms with Gasteiger partial charge in [0.15, 0.2) is 0 Å². The molecule has 1 aromatic heterocycles. The van der Waals surface area contributed by atoms with E-state index in [9.17, 15) is 9.59 Å².